The van der Waals surface area contributed by atoms with Crippen LogP contribution >= 0.6 is 0 Å². The van der Waals surface area contributed by atoms with E-state index in [2.05, 4.69) is 47.0 Å². The standard InChI is InChI=1S/C11H24N2O/c1-10(2,3)8(11(4,5)6)7-9(14)13-12/h8H,7,12H2,1-6H3,(H,13,14). The van der Waals surface area contributed by atoms with Crippen molar-refractivity contribution < 1.29 is 4.79 Å². The second kappa shape index (κ2) is 4.30. The minimum Gasteiger partial charge on any atom is -0.294 e. The molecule has 0 unspecified atom stereocenters. The lowest BCUT2D eigenvalue weighted by Gasteiger charge is -2.40. The largest absolute Gasteiger partial charge is 0.294 e. The van der Waals surface area contributed by atoms with Gasteiger partial charge in [0.25, 0.3) is 0 Å². The Hall–Kier alpha value is -0.570. The molecule has 3 nitrogen and oxygen atoms in total. The Balaban J connectivity index is 4.68. The maximum Gasteiger partial charge on any atom is 0.234 e. The van der Waals surface area contributed by atoms with Crippen molar-refractivity contribution >= 4 is 5.91 Å². The fourth-order valence-electron chi connectivity index (χ4n) is 2.16. The van der Waals surface area contributed by atoms with Gasteiger partial charge < -0.3 is 0 Å². The van der Waals surface area contributed by atoms with Gasteiger partial charge in [-0.2, -0.15) is 0 Å². The van der Waals surface area contributed by atoms with Crippen molar-refractivity contribution in [2.24, 2.45) is 22.6 Å². The number of hydrogen-bond acceptors (Lipinski definition) is 2. The van der Waals surface area contributed by atoms with Crippen LogP contribution in [-0.4, -0.2) is 5.91 Å². The van der Waals surface area contributed by atoms with E-state index in [1.165, 1.54) is 0 Å². The van der Waals surface area contributed by atoms with Gasteiger partial charge in [0.2, 0.25) is 5.91 Å². The molecule has 0 heterocycles. The van der Waals surface area contributed by atoms with Gasteiger partial charge in [-0.3, -0.25) is 10.2 Å². The monoisotopic (exact) mass is 200 g/mol. The van der Waals surface area contributed by atoms with Gasteiger partial charge >= 0.3 is 0 Å². The van der Waals surface area contributed by atoms with E-state index in [9.17, 15) is 4.79 Å². The van der Waals surface area contributed by atoms with E-state index in [-0.39, 0.29) is 16.7 Å². The second-order valence-electron chi connectivity index (χ2n) is 6.06. The Morgan fingerprint density at radius 1 is 1.14 bits per heavy atom. The number of nitrogens with two attached hydrogens (primary N) is 1. The van der Waals surface area contributed by atoms with Gasteiger partial charge in [-0.05, 0) is 16.7 Å². The summed E-state index contributed by atoms with van der Waals surface area (Å²) in [6, 6.07) is 0. The Morgan fingerprint density at radius 3 is 1.71 bits per heavy atom. The average molecular weight is 200 g/mol. The van der Waals surface area contributed by atoms with Crippen LogP contribution in [0.15, 0.2) is 0 Å². The van der Waals surface area contributed by atoms with Crippen LogP contribution in [-0.2, 0) is 4.79 Å². The summed E-state index contributed by atoms with van der Waals surface area (Å²) >= 11 is 0. The van der Waals surface area contributed by atoms with Crippen LogP contribution in [0, 0.1) is 16.7 Å². The number of amides is 1. The number of hydrogen-bond donors (Lipinski definition) is 2. The molecule has 0 aliphatic carbocycles. The zero-order chi connectivity index (χ0) is 11.6. The van der Waals surface area contributed by atoms with Crippen molar-refractivity contribution in [2.45, 2.75) is 48.0 Å². The molecule has 3 heteroatoms. The van der Waals surface area contributed by atoms with E-state index >= 15 is 0 Å². The lowest BCUT2D eigenvalue weighted by atomic mass is 9.65. The first-order chi connectivity index (χ1) is 6.09. The van der Waals surface area contributed by atoms with E-state index in [0.717, 1.165) is 0 Å². The third-order valence-corrected chi connectivity index (χ3v) is 2.64. The smallest absolute Gasteiger partial charge is 0.234 e. The molecule has 0 aromatic rings. The van der Waals surface area contributed by atoms with Gasteiger partial charge in [-0.1, -0.05) is 41.5 Å². The summed E-state index contributed by atoms with van der Waals surface area (Å²) in [5.74, 6) is 5.34. The van der Waals surface area contributed by atoms with Gasteiger partial charge in [-0.25, -0.2) is 5.84 Å². The minimum atomic E-state index is -0.0835. The highest BCUT2D eigenvalue weighted by atomic mass is 16.2. The molecule has 84 valence electrons. The van der Waals surface area contributed by atoms with Crippen LogP contribution in [0.1, 0.15) is 48.0 Å². The predicted octanol–water partition coefficient (Wildman–Crippen LogP) is 2.07. The fraction of sp³-hybridized carbons (Fsp3) is 0.909. The zero-order valence-corrected chi connectivity index (χ0v) is 10.3. The molecule has 0 spiro atoms. The third-order valence-electron chi connectivity index (χ3n) is 2.64. The molecular weight excluding hydrogens is 176 g/mol. The second-order valence-corrected chi connectivity index (χ2v) is 6.06. The predicted molar refractivity (Wildman–Crippen MR) is 59.3 cm³/mol. The molecule has 0 rings (SSSR count). The SMILES string of the molecule is CC(C)(C)C(CC(=O)NN)C(C)(C)C. The van der Waals surface area contributed by atoms with Crippen LogP contribution in [0.25, 0.3) is 0 Å². The van der Waals surface area contributed by atoms with Crippen LogP contribution < -0.4 is 11.3 Å². The Bertz CT molecular complexity index is 184. The van der Waals surface area contributed by atoms with Crippen molar-refractivity contribution in [3.63, 3.8) is 0 Å². The van der Waals surface area contributed by atoms with E-state index in [1.807, 2.05) is 0 Å². The number of hydrazine groups is 1. The summed E-state index contributed by atoms with van der Waals surface area (Å²) in [6.45, 7) is 13.0. The quantitative estimate of drug-likeness (QED) is 0.407. The minimum absolute atomic E-state index is 0.0835. The van der Waals surface area contributed by atoms with Crippen LogP contribution in [0.4, 0.5) is 0 Å². The van der Waals surface area contributed by atoms with Crippen molar-refractivity contribution in [1.29, 1.82) is 0 Å². The number of rotatable bonds is 2. The van der Waals surface area contributed by atoms with E-state index < -0.39 is 0 Å². The van der Waals surface area contributed by atoms with Crippen molar-refractivity contribution in [3.05, 3.63) is 0 Å². The molecule has 0 atom stereocenters. The molecule has 0 aliphatic rings. The van der Waals surface area contributed by atoms with Crippen molar-refractivity contribution in [3.8, 4) is 0 Å². The molecule has 0 saturated heterocycles. The molecule has 0 aromatic heterocycles. The Kier molecular flexibility index (Phi) is 4.13. The number of carbonyl (C=O) groups is 1. The molecule has 0 bridgehead atoms. The Labute approximate surface area is 87.4 Å². The molecule has 14 heavy (non-hydrogen) atoms. The third kappa shape index (κ3) is 4.09. The highest BCUT2D eigenvalue weighted by Crippen LogP contribution is 2.41. The van der Waals surface area contributed by atoms with Gasteiger partial charge in [0.1, 0.15) is 0 Å². The maximum atomic E-state index is 11.3. The number of carbonyl (C=O) groups excluding carboxylic acids is 1. The molecule has 3 N–H and O–H groups in total. The van der Waals surface area contributed by atoms with Crippen LogP contribution in [0.3, 0.4) is 0 Å². The first-order valence-corrected chi connectivity index (χ1v) is 5.08. The summed E-state index contributed by atoms with van der Waals surface area (Å²) in [6.07, 6.45) is 0.490. The van der Waals surface area contributed by atoms with E-state index in [0.29, 0.717) is 12.3 Å². The fourth-order valence-corrected chi connectivity index (χ4v) is 2.16. The lowest BCUT2D eigenvalue weighted by Crippen LogP contribution is -2.39. The first-order valence-electron chi connectivity index (χ1n) is 5.08. The summed E-state index contributed by atoms with van der Waals surface area (Å²) in [7, 11) is 0. The molecule has 0 saturated carbocycles. The first kappa shape index (κ1) is 13.4. The maximum absolute atomic E-state index is 11.3. The molecule has 0 radical (unpaired) electrons. The molecule has 0 aliphatic heterocycles. The highest BCUT2D eigenvalue weighted by molar-refractivity contribution is 5.75. The van der Waals surface area contributed by atoms with Crippen LogP contribution in [0.5, 0.6) is 0 Å². The molecule has 1 amide bonds. The summed E-state index contributed by atoms with van der Waals surface area (Å²) in [4.78, 5) is 11.3. The molecule has 0 fully saturated rings. The van der Waals surface area contributed by atoms with Gasteiger partial charge in [0.15, 0.2) is 0 Å². The lowest BCUT2D eigenvalue weighted by molar-refractivity contribution is -0.124. The van der Waals surface area contributed by atoms with Gasteiger partial charge in [0, 0.05) is 6.42 Å². The topological polar surface area (TPSA) is 55.1 Å². The van der Waals surface area contributed by atoms with E-state index in [1.54, 1.807) is 0 Å². The Morgan fingerprint density at radius 2 is 1.50 bits per heavy atom. The van der Waals surface area contributed by atoms with Gasteiger partial charge in [0.05, 0.1) is 0 Å². The van der Waals surface area contributed by atoms with Crippen LogP contribution in [0.2, 0.25) is 0 Å². The summed E-state index contributed by atoms with van der Waals surface area (Å²) in [5.41, 5.74) is 2.43. The normalized spacial score (nSPS) is 13.1. The molecular formula is C11H24N2O. The summed E-state index contributed by atoms with van der Waals surface area (Å²) in [5, 5.41) is 0. The average Bonchev–Trinajstić information content (AvgIpc) is 1.95. The van der Waals surface area contributed by atoms with E-state index in [4.69, 9.17) is 5.84 Å². The summed E-state index contributed by atoms with van der Waals surface area (Å²) < 4.78 is 0. The molecule has 0 aromatic carbocycles. The highest BCUT2D eigenvalue weighted by Gasteiger charge is 2.35. The van der Waals surface area contributed by atoms with Gasteiger partial charge in [-0.15, -0.1) is 0 Å². The number of nitrogens with one attached hydrogen (secondary N) is 1. The van der Waals surface area contributed by atoms with Crippen molar-refractivity contribution in [2.75, 3.05) is 0 Å². The zero-order valence-electron chi connectivity index (χ0n) is 10.3. The van der Waals surface area contributed by atoms with Crippen molar-refractivity contribution in [1.82, 2.24) is 5.43 Å².